The van der Waals surface area contributed by atoms with Crippen molar-refractivity contribution in [2.75, 3.05) is 6.54 Å². The molecule has 8 N–H and O–H groups in total. The molecule has 10 heteroatoms. The van der Waals surface area contributed by atoms with Gasteiger partial charge in [0.05, 0.1) is 6.42 Å². The zero-order valence-corrected chi connectivity index (χ0v) is 10.5. The van der Waals surface area contributed by atoms with Gasteiger partial charge in [0, 0.05) is 24.5 Å². The molecule has 0 saturated carbocycles. The molecule has 3 amide bonds. The van der Waals surface area contributed by atoms with Crippen LogP contribution in [0.3, 0.4) is 0 Å². The number of urea groups is 1. The maximum atomic E-state index is 10.7. The number of hydrogen-bond donors (Lipinski definition) is 5. The first-order valence-corrected chi connectivity index (χ1v) is 5.37. The van der Waals surface area contributed by atoms with Crippen molar-refractivity contribution < 1.29 is 19.2 Å². The Morgan fingerprint density at radius 2 is 1.85 bits per heavy atom. The molecule has 0 spiro atoms. The molecule has 0 atom stereocenters. The summed E-state index contributed by atoms with van der Waals surface area (Å²) >= 11 is 0. The Hall–Kier alpha value is -2.72. The highest BCUT2D eigenvalue weighted by molar-refractivity contribution is 5.93. The van der Waals surface area contributed by atoms with E-state index in [-0.39, 0.29) is 18.9 Å². The van der Waals surface area contributed by atoms with Crippen molar-refractivity contribution in [3.05, 3.63) is 30.1 Å². The maximum Gasteiger partial charge on any atom is 0.345 e. The number of nitrogens with two attached hydrogens (primary N) is 3. The van der Waals surface area contributed by atoms with Gasteiger partial charge in [0.2, 0.25) is 0 Å². The van der Waals surface area contributed by atoms with Crippen LogP contribution in [0.2, 0.25) is 0 Å². The van der Waals surface area contributed by atoms with Gasteiger partial charge in [0.1, 0.15) is 0 Å². The Bertz CT molecular complexity index is 439. The standard InChI is InChI=1S/C6H7N3O.C4H9N3O3/c7-9-6(10)5-1-3-8-4-2-5;5-2-1-3(8)10-7-4(6)9/h1-4H,7H2,(H,9,10);1-2,5H2,(H3,6,7,9). The van der Waals surface area contributed by atoms with E-state index in [1.54, 1.807) is 17.6 Å². The Morgan fingerprint density at radius 3 is 2.30 bits per heavy atom. The first kappa shape index (κ1) is 17.3. The van der Waals surface area contributed by atoms with Crippen molar-refractivity contribution in [2.45, 2.75) is 6.42 Å². The van der Waals surface area contributed by atoms with Crippen LogP contribution in [0.5, 0.6) is 0 Å². The summed E-state index contributed by atoms with van der Waals surface area (Å²) in [5.41, 5.74) is 13.8. The van der Waals surface area contributed by atoms with E-state index >= 15 is 0 Å². The number of primary amides is 1. The highest BCUT2D eigenvalue weighted by Gasteiger charge is 2.01. The predicted octanol–water partition coefficient (Wildman–Crippen LogP) is -1.85. The van der Waals surface area contributed by atoms with Crippen LogP contribution in [0.4, 0.5) is 4.79 Å². The topological polar surface area (TPSA) is 175 Å². The summed E-state index contributed by atoms with van der Waals surface area (Å²) in [6.45, 7) is 0.180. The molecule has 110 valence electrons. The number of amides is 3. The van der Waals surface area contributed by atoms with Crippen LogP contribution >= 0.6 is 0 Å². The van der Waals surface area contributed by atoms with Gasteiger partial charge >= 0.3 is 12.0 Å². The van der Waals surface area contributed by atoms with E-state index < -0.39 is 12.0 Å². The van der Waals surface area contributed by atoms with Crippen LogP contribution in [0.1, 0.15) is 16.8 Å². The number of carbonyl (C=O) groups is 3. The molecule has 0 unspecified atom stereocenters. The summed E-state index contributed by atoms with van der Waals surface area (Å²) in [4.78, 5) is 38.9. The summed E-state index contributed by atoms with van der Waals surface area (Å²) in [6, 6.07) is 2.26. The molecule has 0 bridgehead atoms. The third kappa shape index (κ3) is 8.38. The molecule has 0 aliphatic heterocycles. The van der Waals surface area contributed by atoms with E-state index in [2.05, 4.69) is 15.6 Å². The number of hydrogen-bond acceptors (Lipinski definition) is 7. The minimum atomic E-state index is -0.912. The largest absolute Gasteiger partial charge is 0.349 e. The zero-order chi connectivity index (χ0) is 15.4. The van der Waals surface area contributed by atoms with Gasteiger partial charge in [0.25, 0.3) is 5.91 Å². The fourth-order valence-corrected chi connectivity index (χ4v) is 0.863. The lowest BCUT2D eigenvalue weighted by Gasteiger charge is -1.99. The average molecular weight is 284 g/mol. The van der Waals surface area contributed by atoms with Gasteiger partial charge in [-0.05, 0) is 12.1 Å². The van der Waals surface area contributed by atoms with E-state index in [9.17, 15) is 14.4 Å². The summed E-state index contributed by atoms with van der Waals surface area (Å²) in [5, 5.41) is 0. The number of rotatable bonds is 3. The maximum absolute atomic E-state index is 10.7. The minimum absolute atomic E-state index is 0.0558. The smallest absolute Gasteiger partial charge is 0.345 e. The van der Waals surface area contributed by atoms with E-state index in [1.807, 2.05) is 5.43 Å². The molecule has 0 radical (unpaired) electrons. The number of aromatic nitrogens is 1. The van der Waals surface area contributed by atoms with Crippen LogP contribution in [0, 0.1) is 0 Å². The van der Waals surface area contributed by atoms with E-state index in [0.717, 1.165) is 0 Å². The van der Waals surface area contributed by atoms with Crippen molar-refractivity contribution in [1.82, 2.24) is 15.9 Å². The number of pyridine rings is 1. The second-order valence-corrected chi connectivity index (χ2v) is 3.19. The highest BCUT2D eigenvalue weighted by Crippen LogP contribution is 1.93. The second-order valence-electron chi connectivity index (χ2n) is 3.19. The van der Waals surface area contributed by atoms with E-state index in [0.29, 0.717) is 5.56 Å². The fourth-order valence-electron chi connectivity index (χ4n) is 0.863. The Labute approximate surface area is 114 Å². The summed E-state index contributed by atoms with van der Waals surface area (Å²) < 4.78 is 0. The van der Waals surface area contributed by atoms with E-state index in [1.165, 1.54) is 12.4 Å². The third-order valence-corrected chi connectivity index (χ3v) is 1.69. The fraction of sp³-hybridized carbons (Fsp3) is 0.200. The molecule has 0 fully saturated rings. The summed E-state index contributed by atoms with van der Waals surface area (Å²) in [7, 11) is 0. The van der Waals surface area contributed by atoms with Crippen molar-refractivity contribution in [1.29, 1.82) is 0 Å². The molecule has 20 heavy (non-hydrogen) atoms. The van der Waals surface area contributed by atoms with Crippen molar-refractivity contribution in [2.24, 2.45) is 17.3 Å². The van der Waals surface area contributed by atoms with Crippen molar-refractivity contribution in [3.8, 4) is 0 Å². The molecule has 10 nitrogen and oxygen atoms in total. The van der Waals surface area contributed by atoms with Crippen LogP contribution in [-0.4, -0.2) is 29.4 Å². The lowest BCUT2D eigenvalue weighted by Crippen LogP contribution is -2.32. The third-order valence-electron chi connectivity index (χ3n) is 1.69. The van der Waals surface area contributed by atoms with Gasteiger partial charge in [-0.15, -0.1) is 0 Å². The molecule has 1 aromatic heterocycles. The van der Waals surface area contributed by atoms with E-state index in [4.69, 9.17) is 11.6 Å². The van der Waals surface area contributed by atoms with Gasteiger partial charge in [-0.3, -0.25) is 15.2 Å². The Kier molecular flexibility index (Phi) is 8.83. The van der Waals surface area contributed by atoms with Gasteiger partial charge in [-0.25, -0.2) is 15.4 Å². The number of nitrogens with one attached hydrogen (secondary N) is 2. The van der Waals surface area contributed by atoms with Gasteiger partial charge in [0.15, 0.2) is 0 Å². The zero-order valence-electron chi connectivity index (χ0n) is 10.5. The van der Waals surface area contributed by atoms with Crippen LogP contribution in [0.15, 0.2) is 24.5 Å². The average Bonchev–Trinajstić information content (AvgIpc) is 2.46. The molecule has 0 aliphatic carbocycles. The number of hydroxylamine groups is 1. The molecule has 1 rings (SSSR count). The van der Waals surface area contributed by atoms with Crippen molar-refractivity contribution in [3.63, 3.8) is 0 Å². The number of nitrogen functional groups attached to an aromatic ring is 1. The second kappa shape index (κ2) is 10.2. The molecule has 0 aliphatic rings. The Morgan fingerprint density at radius 1 is 1.25 bits per heavy atom. The highest BCUT2D eigenvalue weighted by atomic mass is 16.7. The van der Waals surface area contributed by atoms with Crippen LogP contribution in [0.25, 0.3) is 0 Å². The first-order chi connectivity index (χ1) is 9.51. The SMILES string of the molecule is NCCC(=O)ONC(N)=O.NNC(=O)c1ccncc1. The Balaban J connectivity index is 0.000000361. The lowest BCUT2D eigenvalue weighted by atomic mass is 10.3. The summed E-state index contributed by atoms with van der Waals surface area (Å²) in [6.07, 6.45) is 3.12. The van der Waals surface area contributed by atoms with Crippen LogP contribution in [-0.2, 0) is 9.63 Å². The molecule has 1 aromatic rings. The van der Waals surface area contributed by atoms with Gasteiger partial charge < -0.3 is 16.3 Å². The van der Waals surface area contributed by atoms with Crippen LogP contribution < -0.4 is 28.2 Å². The number of nitrogens with zero attached hydrogens (tertiary/aromatic N) is 1. The minimum Gasteiger partial charge on any atom is -0.349 e. The molecular weight excluding hydrogens is 268 g/mol. The molecule has 0 aromatic carbocycles. The molecular formula is C10H16N6O4. The molecule has 1 heterocycles. The quantitative estimate of drug-likeness (QED) is 0.245. The lowest BCUT2D eigenvalue weighted by molar-refractivity contribution is -0.148. The molecule has 0 saturated heterocycles. The monoisotopic (exact) mass is 284 g/mol. The first-order valence-electron chi connectivity index (χ1n) is 5.37. The van der Waals surface area contributed by atoms with Crippen molar-refractivity contribution >= 4 is 17.9 Å². The van der Waals surface area contributed by atoms with Gasteiger partial charge in [-0.2, -0.15) is 5.48 Å². The number of carbonyl (C=O) groups excluding carboxylic acids is 3. The summed E-state index contributed by atoms with van der Waals surface area (Å²) in [5.74, 6) is 3.97. The normalized spacial score (nSPS) is 8.70. The predicted molar refractivity (Wildman–Crippen MR) is 68.4 cm³/mol. The van der Waals surface area contributed by atoms with Gasteiger partial charge in [-0.1, -0.05) is 0 Å². The number of hydrazine groups is 1.